The van der Waals surface area contributed by atoms with Gasteiger partial charge >= 0.3 is 0 Å². The van der Waals surface area contributed by atoms with Crippen molar-refractivity contribution in [1.29, 1.82) is 0 Å². The predicted octanol–water partition coefficient (Wildman–Crippen LogP) is 0.765. The number of hydrogen-bond acceptors (Lipinski definition) is 9. The Labute approximate surface area is 188 Å². The molecule has 1 aromatic carbocycles. The first-order valence-corrected chi connectivity index (χ1v) is 10.1. The predicted molar refractivity (Wildman–Crippen MR) is 115 cm³/mol. The van der Waals surface area contributed by atoms with E-state index >= 15 is 0 Å². The van der Waals surface area contributed by atoms with Crippen LogP contribution in [0.4, 0.5) is 0 Å². The molecule has 6 N–H and O–H groups in total. The molecule has 0 heterocycles. The smallest absolute Gasteiger partial charge is 0.256 e. The van der Waals surface area contributed by atoms with Crippen molar-refractivity contribution >= 4 is 28.9 Å². The van der Waals surface area contributed by atoms with E-state index in [9.17, 15) is 34.8 Å². The topological polar surface area (TPSA) is 180 Å². The highest BCUT2D eigenvalue weighted by atomic mass is 16.6. The molecule has 172 valence electrons. The third kappa shape index (κ3) is 2.91. The van der Waals surface area contributed by atoms with Gasteiger partial charge < -0.3 is 31.0 Å². The number of aliphatic hydroxyl groups is 3. The van der Waals surface area contributed by atoms with Gasteiger partial charge in [0.05, 0.1) is 11.5 Å². The number of nitrogens with zero attached hydrogens (tertiary/aromatic N) is 1. The van der Waals surface area contributed by atoms with Crippen LogP contribution in [-0.2, 0) is 32.1 Å². The molecule has 3 aliphatic carbocycles. The maximum Gasteiger partial charge on any atom is 0.256 e. The Morgan fingerprint density at radius 2 is 1.97 bits per heavy atom. The summed E-state index contributed by atoms with van der Waals surface area (Å²) < 4.78 is 0. The Hall–Kier alpha value is -3.92. The Bertz CT molecular complexity index is 1230. The van der Waals surface area contributed by atoms with Gasteiger partial charge in [0.25, 0.3) is 5.91 Å². The van der Waals surface area contributed by atoms with Crippen LogP contribution in [0.15, 0.2) is 46.8 Å². The number of allylic oxidation sites excluding steroid dienone is 2. The fourth-order valence-corrected chi connectivity index (χ4v) is 5.11. The summed E-state index contributed by atoms with van der Waals surface area (Å²) in [6.07, 6.45) is 2.21. The molecule has 0 saturated heterocycles. The van der Waals surface area contributed by atoms with Gasteiger partial charge in [0, 0.05) is 5.57 Å². The van der Waals surface area contributed by atoms with Crippen molar-refractivity contribution in [2.24, 2.45) is 22.7 Å². The average Bonchev–Trinajstić information content (AvgIpc) is 2.75. The summed E-state index contributed by atoms with van der Waals surface area (Å²) in [6.45, 7) is 3.71. The Kier molecular flexibility index (Phi) is 5.13. The molecule has 3 aliphatic rings. The van der Waals surface area contributed by atoms with Gasteiger partial charge in [-0.2, -0.15) is 0 Å². The molecule has 33 heavy (non-hydrogen) atoms. The summed E-state index contributed by atoms with van der Waals surface area (Å²) >= 11 is 0. The van der Waals surface area contributed by atoms with Crippen molar-refractivity contribution in [3.63, 3.8) is 0 Å². The minimum atomic E-state index is -2.85. The van der Waals surface area contributed by atoms with Crippen molar-refractivity contribution in [3.8, 4) is 5.75 Å². The number of amides is 1. The molecule has 1 aromatic rings. The molecule has 0 aromatic heterocycles. The van der Waals surface area contributed by atoms with Crippen LogP contribution in [0.25, 0.3) is 5.76 Å². The number of carbonyl (C=O) groups excluding carboxylic acids is 3. The molecule has 0 radical (unpaired) electrons. The van der Waals surface area contributed by atoms with E-state index in [1.165, 1.54) is 6.07 Å². The third-order valence-corrected chi connectivity index (χ3v) is 6.54. The number of rotatable bonds is 4. The molecule has 10 nitrogen and oxygen atoms in total. The number of nitrogens with two attached hydrogens (primary N) is 1. The third-order valence-electron chi connectivity index (χ3n) is 6.54. The van der Waals surface area contributed by atoms with Gasteiger partial charge in [-0.05, 0) is 42.4 Å². The standard InChI is InChI=1S/C23H22N2O8/c1-3-4-9-5-6-13(26)15-11(9)7-10-8-12-17(25-33-2)19(28)16(22(24)31)21(30)23(12,32)20(29)14(10)18(15)27/h3,5-6,10,12,26-28,32H,1,4,7-8H2,2H3,(H2,24,31)/b25-17-/t10-,12-,23-/m0/s1. The minimum Gasteiger partial charge on any atom is -0.507 e. The summed E-state index contributed by atoms with van der Waals surface area (Å²) in [5, 5.41) is 47.0. The first kappa shape index (κ1) is 22.3. The van der Waals surface area contributed by atoms with Crippen LogP contribution in [0.5, 0.6) is 5.75 Å². The minimum absolute atomic E-state index is 0.0403. The summed E-state index contributed by atoms with van der Waals surface area (Å²) in [4.78, 5) is 43.2. The van der Waals surface area contributed by atoms with E-state index < -0.39 is 52.0 Å². The van der Waals surface area contributed by atoms with E-state index in [0.717, 1.165) is 12.7 Å². The summed E-state index contributed by atoms with van der Waals surface area (Å²) in [7, 11) is 1.16. The molecule has 1 amide bonds. The number of primary amides is 1. The number of Topliss-reactive ketones (excluding diaryl/α,β-unsaturated/α-hetero) is 2. The van der Waals surface area contributed by atoms with Crippen LogP contribution in [0.1, 0.15) is 23.1 Å². The molecular formula is C23H22N2O8. The molecule has 0 unspecified atom stereocenters. The van der Waals surface area contributed by atoms with E-state index in [4.69, 9.17) is 10.6 Å². The molecule has 0 aliphatic heterocycles. The zero-order valence-corrected chi connectivity index (χ0v) is 17.7. The van der Waals surface area contributed by atoms with Crippen LogP contribution in [0.2, 0.25) is 0 Å². The lowest BCUT2D eigenvalue weighted by atomic mass is 9.58. The summed E-state index contributed by atoms with van der Waals surface area (Å²) in [5.41, 5.74) is 2.20. The van der Waals surface area contributed by atoms with E-state index in [1.54, 1.807) is 12.1 Å². The highest BCUT2D eigenvalue weighted by molar-refractivity contribution is 6.38. The normalized spacial score (nSPS) is 27.8. The largest absolute Gasteiger partial charge is 0.507 e. The zero-order valence-electron chi connectivity index (χ0n) is 17.7. The van der Waals surface area contributed by atoms with Gasteiger partial charge in [0.15, 0.2) is 11.4 Å². The number of phenolic OH excluding ortho intramolecular Hbond substituents is 1. The molecule has 4 rings (SSSR count). The van der Waals surface area contributed by atoms with Crippen LogP contribution in [0, 0.1) is 11.8 Å². The van der Waals surface area contributed by atoms with Gasteiger partial charge in [-0.1, -0.05) is 17.3 Å². The van der Waals surface area contributed by atoms with E-state index in [2.05, 4.69) is 11.7 Å². The quantitative estimate of drug-likeness (QED) is 0.191. The lowest BCUT2D eigenvalue weighted by Gasteiger charge is -2.45. The fraction of sp³-hybridized carbons (Fsp3) is 0.304. The number of ketones is 2. The molecule has 0 bridgehead atoms. The fourth-order valence-electron chi connectivity index (χ4n) is 5.11. The molecule has 0 spiro atoms. The van der Waals surface area contributed by atoms with Crippen molar-refractivity contribution in [2.75, 3.05) is 7.11 Å². The Morgan fingerprint density at radius 1 is 1.27 bits per heavy atom. The monoisotopic (exact) mass is 454 g/mol. The lowest BCUT2D eigenvalue weighted by Crippen LogP contribution is -2.64. The molecule has 1 saturated carbocycles. The van der Waals surface area contributed by atoms with Crippen molar-refractivity contribution in [3.05, 3.63) is 58.4 Å². The Morgan fingerprint density at radius 3 is 2.58 bits per heavy atom. The van der Waals surface area contributed by atoms with Crippen LogP contribution >= 0.6 is 0 Å². The van der Waals surface area contributed by atoms with Crippen molar-refractivity contribution in [2.45, 2.75) is 24.9 Å². The zero-order chi connectivity index (χ0) is 24.2. The van der Waals surface area contributed by atoms with Crippen LogP contribution in [-0.4, -0.2) is 56.3 Å². The van der Waals surface area contributed by atoms with Crippen molar-refractivity contribution < 1.29 is 39.6 Å². The second kappa shape index (κ2) is 7.59. The first-order chi connectivity index (χ1) is 15.6. The number of fused-ring (bicyclic) bond motifs is 3. The second-order valence-electron chi connectivity index (χ2n) is 8.21. The summed E-state index contributed by atoms with van der Waals surface area (Å²) in [6, 6.07) is 3.06. The van der Waals surface area contributed by atoms with Gasteiger partial charge in [-0.25, -0.2) is 0 Å². The first-order valence-electron chi connectivity index (χ1n) is 10.1. The van der Waals surface area contributed by atoms with Gasteiger partial charge in [-0.3, -0.25) is 14.4 Å². The number of aromatic hydroxyl groups is 1. The SMILES string of the molecule is C=CCc1ccc(O)c2c1C[C@H]1C[C@H]3/C(=N/OC)C(O)=C(C(N)=O)C(=O)[C@@]3(O)C(=O)C1=C2O. The number of hydrogen-bond donors (Lipinski definition) is 5. The number of benzene rings is 1. The van der Waals surface area contributed by atoms with Crippen LogP contribution < -0.4 is 5.73 Å². The molecule has 3 atom stereocenters. The number of carbonyl (C=O) groups is 3. The second-order valence-corrected chi connectivity index (χ2v) is 8.21. The Balaban J connectivity index is 1.97. The van der Waals surface area contributed by atoms with Crippen molar-refractivity contribution in [1.82, 2.24) is 0 Å². The van der Waals surface area contributed by atoms with E-state index in [-0.39, 0.29) is 35.4 Å². The van der Waals surface area contributed by atoms with Gasteiger partial charge in [-0.15, -0.1) is 6.58 Å². The maximum atomic E-state index is 13.6. The lowest BCUT2D eigenvalue weighted by molar-refractivity contribution is -0.153. The number of phenols is 1. The maximum absolute atomic E-state index is 13.6. The van der Waals surface area contributed by atoms with E-state index in [1.807, 2.05) is 0 Å². The number of aliphatic hydroxyl groups excluding tert-OH is 2. The molecule has 1 fully saturated rings. The number of oxime groups is 1. The van der Waals surface area contributed by atoms with E-state index in [0.29, 0.717) is 12.0 Å². The highest BCUT2D eigenvalue weighted by Crippen LogP contribution is 2.51. The molecule has 10 heteroatoms. The average molecular weight is 454 g/mol. The van der Waals surface area contributed by atoms with Crippen LogP contribution in [0.3, 0.4) is 0 Å². The highest BCUT2D eigenvalue weighted by Gasteiger charge is 2.64. The van der Waals surface area contributed by atoms with Gasteiger partial charge in [0.2, 0.25) is 11.6 Å². The molecular weight excluding hydrogens is 432 g/mol. The summed E-state index contributed by atoms with van der Waals surface area (Å²) in [5.74, 6) is -7.62. The van der Waals surface area contributed by atoms with Gasteiger partial charge in [0.1, 0.15) is 29.9 Å².